The maximum absolute atomic E-state index is 11.1. The van der Waals surface area contributed by atoms with Gasteiger partial charge in [0.05, 0.1) is 42.1 Å². The van der Waals surface area contributed by atoms with Crippen LogP contribution in [0.2, 0.25) is 42.8 Å². The van der Waals surface area contributed by atoms with Gasteiger partial charge in [0.15, 0.2) is 22.7 Å². The van der Waals surface area contributed by atoms with Crippen LogP contribution < -0.4 is 10.4 Å². The first-order chi connectivity index (χ1) is 29.9. The Kier molecular flexibility index (Phi) is 20.1. The van der Waals surface area contributed by atoms with Gasteiger partial charge in [-0.1, -0.05) is 151 Å². The van der Waals surface area contributed by atoms with E-state index in [2.05, 4.69) is 141 Å². The normalized spacial score (nSPS) is 18.3. The fourth-order valence-corrected chi connectivity index (χ4v) is 18.4. The van der Waals surface area contributed by atoms with Crippen molar-refractivity contribution in [3.05, 3.63) is 109 Å². The average molecular weight is 934 g/mol. The Balaban J connectivity index is 1.54. The summed E-state index contributed by atoms with van der Waals surface area (Å²) in [6, 6.07) is 37.1. The lowest BCUT2D eigenvalue weighted by atomic mass is 9.85. The van der Waals surface area contributed by atoms with Gasteiger partial charge in [-0.2, -0.15) is 5.26 Å². The van der Waals surface area contributed by atoms with Crippen molar-refractivity contribution in [3.8, 4) is 6.07 Å². The molecule has 4 rings (SSSR count). The van der Waals surface area contributed by atoms with Gasteiger partial charge >= 0.3 is 0 Å². The van der Waals surface area contributed by atoms with E-state index in [4.69, 9.17) is 44.3 Å². The molecule has 0 spiro atoms. The van der Waals surface area contributed by atoms with E-state index in [-0.39, 0.29) is 29.6 Å². The molecule has 63 heavy (non-hydrogen) atoms. The second-order valence-corrected chi connectivity index (χ2v) is 33.2. The topological polar surface area (TPSA) is 91.5 Å². The van der Waals surface area contributed by atoms with Gasteiger partial charge in [-0.05, 0) is 83.9 Å². The summed E-state index contributed by atoms with van der Waals surface area (Å²) in [5.74, 6) is 0.0423. The summed E-state index contributed by atoms with van der Waals surface area (Å²) in [7, 11) is -5.56. The zero-order valence-electron chi connectivity index (χ0n) is 40.2. The van der Waals surface area contributed by atoms with Crippen molar-refractivity contribution in [2.75, 3.05) is 13.7 Å². The van der Waals surface area contributed by atoms with E-state index in [9.17, 15) is 5.26 Å². The number of halogens is 1. The van der Waals surface area contributed by atoms with Crippen molar-refractivity contribution in [2.45, 2.75) is 165 Å². The predicted molar refractivity (Wildman–Crippen MR) is 269 cm³/mol. The lowest BCUT2D eigenvalue weighted by Gasteiger charge is -2.46. The molecule has 0 radical (unpaired) electrons. The zero-order chi connectivity index (χ0) is 46.3. The smallest absolute Gasteiger partial charge is 0.261 e. The molecule has 0 fully saturated rings. The number of alkyl halides is 1. The number of methoxy groups -OCH3 is 1. The zero-order valence-corrected chi connectivity index (χ0v) is 44.0. The molecular weight excluding hydrogens is 856 g/mol. The Hall–Kier alpha value is -2.90. The highest BCUT2D eigenvalue weighted by Crippen LogP contribution is 2.40. The van der Waals surface area contributed by atoms with Crippen molar-refractivity contribution in [1.29, 1.82) is 5.26 Å². The van der Waals surface area contributed by atoms with Gasteiger partial charge in [0, 0.05) is 26.6 Å². The average Bonchev–Trinajstić information content (AvgIpc) is 3.78. The molecule has 7 atom stereocenters. The molecule has 0 aromatic heterocycles. The van der Waals surface area contributed by atoms with Crippen LogP contribution in [0.4, 0.5) is 0 Å². The van der Waals surface area contributed by atoms with Gasteiger partial charge in [-0.15, -0.1) is 18.2 Å². The number of rotatable bonds is 27. The molecule has 12 heteroatoms. The summed E-state index contributed by atoms with van der Waals surface area (Å²) in [4.78, 5) is 6.24. The van der Waals surface area contributed by atoms with Crippen LogP contribution >= 0.6 is 11.6 Å². The first-order valence-electron chi connectivity index (χ1n) is 23.2. The van der Waals surface area contributed by atoms with Gasteiger partial charge in [0.25, 0.3) is 8.32 Å². The predicted octanol–water partition coefficient (Wildman–Crippen LogP) is 11.8. The maximum atomic E-state index is 11.1. The van der Waals surface area contributed by atoms with Gasteiger partial charge in [-0.3, -0.25) is 0 Å². The van der Waals surface area contributed by atoms with E-state index in [0.717, 1.165) is 46.2 Å². The molecule has 1 aliphatic heterocycles. The van der Waals surface area contributed by atoms with Gasteiger partial charge in [-0.25, -0.2) is 0 Å². The first kappa shape index (κ1) is 52.7. The summed E-state index contributed by atoms with van der Waals surface area (Å²) >= 11 is 7.54. The van der Waals surface area contributed by atoms with E-state index in [1.165, 1.54) is 0 Å². The summed E-state index contributed by atoms with van der Waals surface area (Å²) in [5.41, 5.74) is 0.977. The molecule has 0 N–H and O–H groups in total. The highest BCUT2D eigenvalue weighted by Gasteiger charge is 2.53. The fourth-order valence-electron chi connectivity index (χ4n) is 9.03. The van der Waals surface area contributed by atoms with E-state index in [1.807, 2.05) is 30.3 Å². The van der Waals surface area contributed by atoms with Crippen molar-refractivity contribution in [3.63, 3.8) is 0 Å². The van der Waals surface area contributed by atoms with E-state index in [0.29, 0.717) is 32.5 Å². The molecule has 3 aromatic carbocycles. The van der Waals surface area contributed by atoms with Crippen LogP contribution in [-0.2, 0) is 34.2 Å². The third kappa shape index (κ3) is 14.1. The minimum Gasteiger partial charge on any atom is -0.410 e. The molecule has 0 amide bonds. The highest BCUT2D eigenvalue weighted by molar-refractivity contribution is 6.99. The van der Waals surface area contributed by atoms with E-state index >= 15 is 0 Å². The van der Waals surface area contributed by atoms with Crippen molar-refractivity contribution >= 4 is 52.6 Å². The number of hydrogen-bond acceptors (Lipinski definition) is 8. The van der Waals surface area contributed by atoms with Crippen LogP contribution in [0.1, 0.15) is 86.1 Å². The Morgan fingerprint density at radius 2 is 1.44 bits per heavy atom. The fraction of sp³-hybridized carbons (Fsp3) is 0.569. The molecule has 0 saturated carbocycles. The lowest BCUT2D eigenvalue weighted by molar-refractivity contribution is -0.0265. The molecule has 0 aliphatic carbocycles. The van der Waals surface area contributed by atoms with Gasteiger partial charge in [0.1, 0.15) is 5.60 Å². The molecule has 3 aromatic rings. The lowest BCUT2D eigenvalue weighted by Crippen LogP contribution is -2.68. The van der Waals surface area contributed by atoms with Crippen LogP contribution in [0.3, 0.4) is 0 Å². The number of nitrogens with zero attached hydrogens (tertiary/aromatic N) is 2. The molecule has 8 nitrogen and oxygen atoms in total. The quantitative estimate of drug-likeness (QED) is 0.0325. The van der Waals surface area contributed by atoms with Crippen molar-refractivity contribution in [2.24, 2.45) is 11.1 Å². The number of hydrogen-bond donors (Lipinski definition) is 0. The molecule has 346 valence electrons. The standard InChI is InChI=1S/C51H77ClN2O6Si3/c1-13-45(59-63(50(6,7)8,42-28-22-18-23-29-42)43-30-24-19-25-31-43)49(52)48(55-9)37-51(39-53,60-61(10,11)12)34-32-40(5)44-36-47(57-54-44)46(58-62(14-2,15-3)16-4)33-35-56-38-41-26-20-17-21-27-41/h13,17-31,40,45-49H,1,14-16,32-38H2,2-12H3/t40-,45+,46-,47-,48+,49+,51?/m0/s1. The van der Waals surface area contributed by atoms with Gasteiger partial charge < -0.3 is 27.6 Å². The van der Waals surface area contributed by atoms with Crippen molar-refractivity contribution in [1.82, 2.24) is 0 Å². The molecule has 1 unspecified atom stereocenters. The Morgan fingerprint density at radius 3 is 1.92 bits per heavy atom. The molecule has 0 saturated heterocycles. The molecule has 1 aliphatic rings. The third-order valence-electron chi connectivity index (χ3n) is 12.8. The molecule has 1 heterocycles. The Morgan fingerprint density at radius 1 is 0.889 bits per heavy atom. The minimum atomic E-state index is -3.00. The van der Waals surface area contributed by atoms with Crippen LogP contribution in [0.15, 0.2) is 109 Å². The number of benzene rings is 3. The summed E-state index contributed by atoms with van der Waals surface area (Å²) in [5, 5.41) is 17.2. The van der Waals surface area contributed by atoms with Crippen LogP contribution in [0.5, 0.6) is 0 Å². The van der Waals surface area contributed by atoms with E-state index < -0.39 is 48.1 Å². The number of oxime groups is 1. The summed E-state index contributed by atoms with van der Waals surface area (Å²) in [6.45, 7) is 27.4. The SMILES string of the molecule is C=C[C@@H](O[Si](c1ccccc1)(c1ccccc1)C(C)(C)C)[C@@H](Cl)[C@@H](CC(C#N)(CC[C@H](C)C1=NO[C@H]([C@H](CCOCc2ccccc2)O[Si](CC)(CC)CC)C1)O[Si](C)(C)C)OC. The summed E-state index contributed by atoms with van der Waals surface area (Å²) < 4.78 is 33.9. The molecular formula is C51H77ClN2O6Si3. The van der Waals surface area contributed by atoms with Gasteiger partial charge in [0.2, 0.25) is 0 Å². The van der Waals surface area contributed by atoms with Crippen LogP contribution in [0, 0.1) is 17.2 Å². The third-order valence-corrected chi connectivity index (χ3v) is 24.1. The summed E-state index contributed by atoms with van der Waals surface area (Å²) in [6.07, 6.45) is 3.11. The van der Waals surface area contributed by atoms with Crippen LogP contribution in [-0.4, -0.2) is 79.8 Å². The van der Waals surface area contributed by atoms with E-state index in [1.54, 1.807) is 13.2 Å². The number of nitriles is 1. The second kappa shape index (κ2) is 24.0. The second-order valence-electron chi connectivity index (χ2n) is 19.3. The highest BCUT2D eigenvalue weighted by atomic mass is 35.5. The Bertz CT molecular complexity index is 1840. The largest absolute Gasteiger partial charge is 0.410 e. The first-order valence-corrected chi connectivity index (χ1v) is 31.4. The monoisotopic (exact) mass is 932 g/mol. The minimum absolute atomic E-state index is 0.0423. The maximum Gasteiger partial charge on any atom is 0.261 e. The molecule has 0 bridgehead atoms. The van der Waals surface area contributed by atoms with Crippen LogP contribution in [0.25, 0.3) is 0 Å². The Labute approximate surface area is 389 Å². The number of ether oxygens (including phenoxy) is 2. The van der Waals surface area contributed by atoms with Crippen molar-refractivity contribution < 1.29 is 27.6 Å².